The number of amides is 2. The Balaban J connectivity index is 1.69. The van der Waals surface area contributed by atoms with Crippen LogP contribution < -0.4 is 11.1 Å². The molecule has 1 saturated carbocycles. The lowest BCUT2D eigenvalue weighted by Gasteiger charge is -2.34. The molecule has 3 N–H and O–H groups in total. The van der Waals surface area contributed by atoms with Gasteiger partial charge >= 0.3 is 0 Å². The molecule has 112 valence electrons. The molecule has 0 aromatic heterocycles. The van der Waals surface area contributed by atoms with Gasteiger partial charge in [0.15, 0.2) is 0 Å². The van der Waals surface area contributed by atoms with Gasteiger partial charge in [-0.15, -0.1) is 0 Å². The Kier molecular flexibility index (Phi) is 3.68. The van der Waals surface area contributed by atoms with Gasteiger partial charge in [0.25, 0.3) is 0 Å². The summed E-state index contributed by atoms with van der Waals surface area (Å²) in [5.41, 5.74) is 6.88. The van der Waals surface area contributed by atoms with Gasteiger partial charge in [0.1, 0.15) is 0 Å². The Morgan fingerprint density at radius 1 is 1.38 bits per heavy atom. The number of carbonyl (C=O) groups is 2. The van der Waals surface area contributed by atoms with Crippen LogP contribution in [-0.2, 0) is 4.79 Å². The Labute approximate surface area is 124 Å². The standard InChI is InChI=1S/C16H21N3O2/c1-10-9-18-5-6-19(10)16(21)14-8-13(14)11-3-2-4-12(7-11)15(17)20/h2-4,7,10,13-14,18H,5-6,8-9H2,1H3,(H2,17,20)/t10-,13-,14+/m0/s1. The van der Waals surface area contributed by atoms with Crippen LogP contribution in [0.5, 0.6) is 0 Å². The summed E-state index contributed by atoms with van der Waals surface area (Å²) in [7, 11) is 0. The first-order valence-corrected chi connectivity index (χ1v) is 7.49. The summed E-state index contributed by atoms with van der Waals surface area (Å²) in [5.74, 6) is 0.127. The zero-order chi connectivity index (χ0) is 15.0. The van der Waals surface area contributed by atoms with E-state index in [1.165, 1.54) is 0 Å². The Morgan fingerprint density at radius 3 is 2.90 bits per heavy atom. The summed E-state index contributed by atoms with van der Waals surface area (Å²) in [4.78, 5) is 25.8. The molecule has 0 unspecified atom stereocenters. The second-order valence-corrected chi connectivity index (χ2v) is 6.02. The van der Waals surface area contributed by atoms with Crippen molar-refractivity contribution in [2.45, 2.75) is 25.3 Å². The van der Waals surface area contributed by atoms with Crippen molar-refractivity contribution in [3.05, 3.63) is 35.4 Å². The zero-order valence-corrected chi connectivity index (χ0v) is 12.2. The minimum atomic E-state index is -0.420. The Hall–Kier alpha value is -1.88. The number of nitrogens with zero attached hydrogens (tertiary/aromatic N) is 1. The van der Waals surface area contributed by atoms with Gasteiger partial charge in [-0.25, -0.2) is 0 Å². The van der Waals surface area contributed by atoms with E-state index in [4.69, 9.17) is 5.73 Å². The van der Waals surface area contributed by atoms with Crippen LogP contribution >= 0.6 is 0 Å². The SMILES string of the molecule is C[C@H]1CNCCN1C(=O)[C@@H]1C[C@H]1c1cccc(C(N)=O)c1. The highest BCUT2D eigenvalue weighted by Gasteiger charge is 2.46. The molecule has 1 saturated heterocycles. The molecule has 21 heavy (non-hydrogen) atoms. The van der Waals surface area contributed by atoms with E-state index in [1.807, 2.05) is 23.1 Å². The maximum absolute atomic E-state index is 12.6. The van der Waals surface area contributed by atoms with Crippen LogP contribution in [0, 0.1) is 5.92 Å². The van der Waals surface area contributed by atoms with Gasteiger partial charge in [0.05, 0.1) is 0 Å². The van der Waals surface area contributed by atoms with E-state index in [2.05, 4.69) is 12.2 Å². The molecule has 2 fully saturated rings. The minimum absolute atomic E-state index is 0.0636. The first kappa shape index (κ1) is 14.1. The van der Waals surface area contributed by atoms with E-state index in [-0.39, 0.29) is 23.8 Å². The molecule has 3 atom stereocenters. The fourth-order valence-corrected chi connectivity index (χ4v) is 3.14. The number of primary amides is 1. The molecule has 1 aliphatic heterocycles. The van der Waals surface area contributed by atoms with Gasteiger partial charge < -0.3 is 16.0 Å². The molecule has 0 radical (unpaired) electrons. The molecule has 0 bridgehead atoms. The van der Waals surface area contributed by atoms with Crippen molar-refractivity contribution in [1.29, 1.82) is 0 Å². The predicted octanol–water partition coefficient (Wildman–Crippen LogP) is 0.709. The third-order valence-corrected chi connectivity index (χ3v) is 4.49. The van der Waals surface area contributed by atoms with Gasteiger partial charge in [0, 0.05) is 37.2 Å². The fourth-order valence-electron chi connectivity index (χ4n) is 3.14. The number of hydrogen-bond donors (Lipinski definition) is 2. The summed E-state index contributed by atoms with van der Waals surface area (Å²) < 4.78 is 0. The number of hydrogen-bond acceptors (Lipinski definition) is 3. The molecule has 0 spiro atoms. The van der Waals surface area contributed by atoms with Crippen molar-refractivity contribution in [3.63, 3.8) is 0 Å². The quantitative estimate of drug-likeness (QED) is 0.859. The van der Waals surface area contributed by atoms with E-state index >= 15 is 0 Å². The molecular formula is C16H21N3O2. The van der Waals surface area contributed by atoms with Gasteiger partial charge in [-0.1, -0.05) is 12.1 Å². The zero-order valence-electron chi connectivity index (χ0n) is 12.2. The van der Waals surface area contributed by atoms with Crippen molar-refractivity contribution < 1.29 is 9.59 Å². The van der Waals surface area contributed by atoms with E-state index in [0.717, 1.165) is 31.6 Å². The normalized spacial score (nSPS) is 28.2. The van der Waals surface area contributed by atoms with E-state index in [1.54, 1.807) is 6.07 Å². The predicted molar refractivity (Wildman–Crippen MR) is 79.9 cm³/mol. The topological polar surface area (TPSA) is 75.4 Å². The van der Waals surface area contributed by atoms with Crippen LogP contribution in [0.3, 0.4) is 0 Å². The number of piperazine rings is 1. The molecule has 5 nitrogen and oxygen atoms in total. The summed E-state index contributed by atoms with van der Waals surface area (Å²) in [6.45, 7) is 4.59. The molecule has 5 heteroatoms. The average Bonchev–Trinajstić information content (AvgIpc) is 3.28. The fraction of sp³-hybridized carbons (Fsp3) is 0.500. The third-order valence-electron chi connectivity index (χ3n) is 4.49. The highest BCUT2D eigenvalue weighted by molar-refractivity contribution is 5.93. The van der Waals surface area contributed by atoms with Crippen molar-refractivity contribution in [1.82, 2.24) is 10.2 Å². The highest BCUT2D eigenvalue weighted by Crippen LogP contribution is 2.48. The van der Waals surface area contributed by atoms with Crippen molar-refractivity contribution in [3.8, 4) is 0 Å². The van der Waals surface area contributed by atoms with Crippen LogP contribution in [0.15, 0.2) is 24.3 Å². The first-order chi connectivity index (χ1) is 10.1. The van der Waals surface area contributed by atoms with Gasteiger partial charge in [-0.3, -0.25) is 9.59 Å². The summed E-state index contributed by atoms with van der Waals surface area (Å²) in [6.07, 6.45) is 0.873. The second kappa shape index (κ2) is 5.48. The summed E-state index contributed by atoms with van der Waals surface area (Å²) >= 11 is 0. The average molecular weight is 287 g/mol. The van der Waals surface area contributed by atoms with Crippen LogP contribution in [0.25, 0.3) is 0 Å². The summed E-state index contributed by atoms with van der Waals surface area (Å²) in [6, 6.07) is 7.60. The Bertz CT molecular complexity index is 572. The maximum atomic E-state index is 12.6. The van der Waals surface area contributed by atoms with Gasteiger partial charge in [-0.2, -0.15) is 0 Å². The van der Waals surface area contributed by atoms with Crippen LogP contribution in [0.2, 0.25) is 0 Å². The van der Waals surface area contributed by atoms with Crippen molar-refractivity contribution in [2.24, 2.45) is 11.7 Å². The molecule has 1 aliphatic carbocycles. The minimum Gasteiger partial charge on any atom is -0.366 e. The van der Waals surface area contributed by atoms with Gasteiger partial charge in [-0.05, 0) is 37.0 Å². The molecule has 1 heterocycles. The number of rotatable bonds is 3. The van der Waals surface area contributed by atoms with E-state index < -0.39 is 5.91 Å². The van der Waals surface area contributed by atoms with Crippen LogP contribution in [-0.4, -0.2) is 42.4 Å². The lowest BCUT2D eigenvalue weighted by atomic mass is 10.0. The molecule has 1 aromatic carbocycles. The van der Waals surface area contributed by atoms with Gasteiger partial charge in [0.2, 0.25) is 11.8 Å². The smallest absolute Gasteiger partial charge is 0.248 e. The number of benzene rings is 1. The molecule has 2 aliphatic rings. The molecule has 2 amide bonds. The lowest BCUT2D eigenvalue weighted by Crippen LogP contribution is -2.52. The van der Waals surface area contributed by atoms with Crippen LogP contribution in [0.1, 0.15) is 35.2 Å². The largest absolute Gasteiger partial charge is 0.366 e. The van der Waals surface area contributed by atoms with Crippen molar-refractivity contribution in [2.75, 3.05) is 19.6 Å². The highest BCUT2D eigenvalue weighted by atomic mass is 16.2. The number of nitrogens with two attached hydrogens (primary N) is 1. The maximum Gasteiger partial charge on any atom is 0.248 e. The molecule has 3 rings (SSSR count). The monoisotopic (exact) mass is 287 g/mol. The number of nitrogens with one attached hydrogen (secondary N) is 1. The van der Waals surface area contributed by atoms with E-state index in [9.17, 15) is 9.59 Å². The molecular weight excluding hydrogens is 266 g/mol. The lowest BCUT2D eigenvalue weighted by molar-refractivity contribution is -0.135. The second-order valence-electron chi connectivity index (χ2n) is 6.02. The van der Waals surface area contributed by atoms with E-state index in [0.29, 0.717) is 5.56 Å². The molecule has 1 aromatic rings. The summed E-state index contributed by atoms with van der Waals surface area (Å²) in [5, 5.41) is 3.30. The first-order valence-electron chi connectivity index (χ1n) is 7.49. The van der Waals surface area contributed by atoms with Crippen molar-refractivity contribution >= 4 is 11.8 Å². The Morgan fingerprint density at radius 2 is 2.19 bits per heavy atom. The number of carbonyl (C=O) groups excluding carboxylic acids is 2. The third kappa shape index (κ3) is 2.78. The van der Waals surface area contributed by atoms with Crippen LogP contribution in [0.4, 0.5) is 0 Å².